The third-order valence-electron chi connectivity index (χ3n) is 3.91. The highest BCUT2D eigenvalue weighted by Gasteiger charge is 2.22. The molecule has 0 aliphatic heterocycles. The lowest BCUT2D eigenvalue weighted by Crippen LogP contribution is -2.39. The lowest BCUT2D eigenvalue weighted by molar-refractivity contribution is 0.296. The number of guanidine groups is 1. The molecule has 0 radical (unpaired) electrons. The first kappa shape index (κ1) is 19.6. The first-order valence-electron chi connectivity index (χ1n) is 8.79. The quantitative estimate of drug-likeness (QED) is 0.515. The maximum atomic E-state index is 11.2. The van der Waals surface area contributed by atoms with Gasteiger partial charge in [-0.1, -0.05) is 12.1 Å². The van der Waals surface area contributed by atoms with Gasteiger partial charge < -0.3 is 15.4 Å². The third-order valence-corrected chi connectivity index (χ3v) is 4.86. The molecule has 1 aromatic rings. The summed E-state index contributed by atoms with van der Waals surface area (Å²) in [5.74, 6) is 2.28. The van der Waals surface area contributed by atoms with Crippen molar-refractivity contribution in [2.24, 2.45) is 10.9 Å². The van der Waals surface area contributed by atoms with Gasteiger partial charge in [-0.15, -0.1) is 0 Å². The molecule has 0 heterocycles. The maximum Gasteiger partial charge on any atom is 0.191 e. The molecule has 0 saturated heterocycles. The SMILES string of the molecule is CCNC(=NCc1ccc(C)cc1OCC1CC1)NCCS(C)(=O)=O. The maximum absolute atomic E-state index is 11.2. The second kappa shape index (κ2) is 9.08. The number of ether oxygens (including phenoxy) is 1. The smallest absolute Gasteiger partial charge is 0.191 e. The topological polar surface area (TPSA) is 79.8 Å². The van der Waals surface area contributed by atoms with E-state index in [9.17, 15) is 8.42 Å². The first-order valence-corrected chi connectivity index (χ1v) is 10.9. The molecular weight excluding hydrogens is 338 g/mol. The molecule has 1 fully saturated rings. The molecule has 1 aromatic carbocycles. The highest BCUT2D eigenvalue weighted by atomic mass is 32.2. The van der Waals surface area contributed by atoms with Crippen molar-refractivity contribution in [2.75, 3.05) is 31.7 Å². The highest BCUT2D eigenvalue weighted by molar-refractivity contribution is 7.90. The molecule has 0 atom stereocenters. The van der Waals surface area contributed by atoms with Gasteiger partial charge in [0.05, 0.1) is 18.9 Å². The number of nitrogens with one attached hydrogen (secondary N) is 2. The molecule has 0 spiro atoms. The average Bonchev–Trinajstić information content (AvgIpc) is 3.35. The summed E-state index contributed by atoms with van der Waals surface area (Å²) >= 11 is 0. The Morgan fingerprint density at radius 1 is 1.32 bits per heavy atom. The molecular formula is C18H29N3O3S. The molecule has 0 amide bonds. The van der Waals surface area contributed by atoms with E-state index in [0.717, 1.165) is 23.5 Å². The number of aliphatic imine (C=N–C) groups is 1. The number of benzene rings is 1. The predicted molar refractivity (Wildman–Crippen MR) is 102 cm³/mol. The van der Waals surface area contributed by atoms with Crippen LogP contribution in [0.1, 0.15) is 30.9 Å². The van der Waals surface area contributed by atoms with Gasteiger partial charge in [-0.25, -0.2) is 13.4 Å². The number of rotatable bonds is 9. The fourth-order valence-electron chi connectivity index (χ4n) is 2.28. The van der Waals surface area contributed by atoms with Gasteiger partial charge in [0.25, 0.3) is 0 Å². The van der Waals surface area contributed by atoms with E-state index in [2.05, 4.69) is 27.8 Å². The van der Waals surface area contributed by atoms with E-state index < -0.39 is 9.84 Å². The largest absolute Gasteiger partial charge is 0.493 e. The number of sulfone groups is 1. The first-order chi connectivity index (χ1) is 11.9. The molecule has 0 bridgehead atoms. The molecule has 1 aliphatic carbocycles. The second-order valence-corrected chi connectivity index (χ2v) is 8.88. The fraction of sp³-hybridized carbons (Fsp3) is 0.611. The normalized spacial score (nSPS) is 15.1. The van der Waals surface area contributed by atoms with Gasteiger partial charge in [-0.05, 0) is 44.2 Å². The Morgan fingerprint density at radius 3 is 2.72 bits per heavy atom. The van der Waals surface area contributed by atoms with Gasteiger partial charge in [0.2, 0.25) is 0 Å². The lowest BCUT2D eigenvalue weighted by atomic mass is 10.1. The Labute approximate surface area is 151 Å². The fourth-order valence-corrected chi connectivity index (χ4v) is 2.75. The third kappa shape index (κ3) is 7.77. The molecule has 0 aromatic heterocycles. The number of hydrogen-bond donors (Lipinski definition) is 2. The van der Waals surface area contributed by atoms with Gasteiger partial charge in [-0.3, -0.25) is 0 Å². The Morgan fingerprint density at radius 2 is 2.08 bits per heavy atom. The predicted octanol–water partition coefficient (Wildman–Crippen LogP) is 1.88. The van der Waals surface area contributed by atoms with Crippen molar-refractivity contribution in [2.45, 2.75) is 33.2 Å². The second-order valence-electron chi connectivity index (χ2n) is 6.62. The van der Waals surface area contributed by atoms with E-state index in [1.807, 2.05) is 19.9 Å². The van der Waals surface area contributed by atoms with E-state index in [0.29, 0.717) is 31.5 Å². The van der Waals surface area contributed by atoms with E-state index in [4.69, 9.17) is 4.74 Å². The summed E-state index contributed by atoms with van der Waals surface area (Å²) in [6, 6.07) is 6.15. The number of hydrogen-bond acceptors (Lipinski definition) is 4. The van der Waals surface area contributed by atoms with Gasteiger partial charge in [0.1, 0.15) is 15.6 Å². The number of nitrogens with zero attached hydrogens (tertiary/aromatic N) is 1. The standard InChI is InChI=1S/C18H29N3O3S/c1-4-19-18(20-9-10-25(3,22)23)21-12-16-8-5-14(2)11-17(16)24-13-15-6-7-15/h5,8,11,15H,4,6-7,9-10,12-13H2,1-3H3,(H2,19,20,21). The van der Waals surface area contributed by atoms with Gasteiger partial charge in [0.15, 0.2) is 5.96 Å². The lowest BCUT2D eigenvalue weighted by Gasteiger charge is -2.13. The summed E-state index contributed by atoms with van der Waals surface area (Å²) in [6.45, 7) is 6.33. The van der Waals surface area contributed by atoms with E-state index in [-0.39, 0.29) is 5.75 Å². The van der Waals surface area contributed by atoms with Crippen LogP contribution in [0, 0.1) is 12.8 Å². The van der Waals surface area contributed by atoms with Crippen LogP contribution in [0.3, 0.4) is 0 Å². The zero-order valence-electron chi connectivity index (χ0n) is 15.3. The van der Waals surface area contributed by atoms with Crippen molar-refractivity contribution in [3.05, 3.63) is 29.3 Å². The van der Waals surface area contributed by atoms with Crippen molar-refractivity contribution in [1.82, 2.24) is 10.6 Å². The summed E-state index contributed by atoms with van der Waals surface area (Å²) in [5, 5.41) is 6.19. The van der Waals surface area contributed by atoms with Crippen LogP contribution in [0.15, 0.2) is 23.2 Å². The summed E-state index contributed by atoms with van der Waals surface area (Å²) < 4.78 is 28.5. The zero-order valence-corrected chi connectivity index (χ0v) is 16.2. The Balaban J connectivity index is 1.99. The van der Waals surface area contributed by atoms with Crippen LogP contribution >= 0.6 is 0 Å². The molecule has 6 nitrogen and oxygen atoms in total. The Bertz CT molecular complexity index is 698. The van der Waals surface area contributed by atoms with Crippen LogP contribution < -0.4 is 15.4 Å². The number of aryl methyl sites for hydroxylation is 1. The van der Waals surface area contributed by atoms with Crippen molar-refractivity contribution in [3.8, 4) is 5.75 Å². The molecule has 140 valence electrons. The van der Waals surface area contributed by atoms with E-state index in [1.165, 1.54) is 19.1 Å². The molecule has 2 rings (SSSR count). The molecule has 1 saturated carbocycles. The monoisotopic (exact) mass is 367 g/mol. The van der Waals surface area contributed by atoms with Crippen molar-refractivity contribution in [3.63, 3.8) is 0 Å². The minimum Gasteiger partial charge on any atom is -0.493 e. The Hall–Kier alpha value is -1.76. The van der Waals surface area contributed by atoms with Gasteiger partial charge in [0, 0.05) is 24.9 Å². The van der Waals surface area contributed by atoms with Crippen LogP contribution in [-0.4, -0.2) is 46.1 Å². The molecule has 1 aliphatic rings. The highest BCUT2D eigenvalue weighted by Crippen LogP contribution is 2.30. The van der Waals surface area contributed by atoms with Crippen molar-refractivity contribution in [1.29, 1.82) is 0 Å². The van der Waals surface area contributed by atoms with Crippen LogP contribution in [0.5, 0.6) is 5.75 Å². The van der Waals surface area contributed by atoms with Crippen molar-refractivity contribution < 1.29 is 13.2 Å². The van der Waals surface area contributed by atoms with Crippen LogP contribution in [0.25, 0.3) is 0 Å². The molecule has 0 unspecified atom stereocenters. The summed E-state index contributed by atoms with van der Waals surface area (Å²) in [5.41, 5.74) is 2.20. The summed E-state index contributed by atoms with van der Waals surface area (Å²) in [7, 11) is -2.99. The average molecular weight is 368 g/mol. The van der Waals surface area contributed by atoms with E-state index >= 15 is 0 Å². The van der Waals surface area contributed by atoms with E-state index in [1.54, 1.807) is 0 Å². The summed E-state index contributed by atoms with van der Waals surface area (Å²) in [4.78, 5) is 4.56. The molecule has 25 heavy (non-hydrogen) atoms. The summed E-state index contributed by atoms with van der Waals surface area (Å²) in [6.07, 6.45) is 3.75. The Kier molecular flexibility index (Phi) is 7.11. The molecule has 7 heteroatoms. The minimum absolute atomic E-state index is 0.0810. The van der Waals surface area contributed by atoms with Crippen LogP contribution in [-0.2, 0) is 16.4 Å². The van der Waals surface area contributed by atoms with Gasteiger partial charge >= 0.3 is 0 Å². The van der Waals surface area contributed by atoms with Crippen molar-refractivity contribution >= 4 is 15.8 Å². The minimum atomic E-state index is -2.99. The zero-order chi connectivity index (χ0) is 18.3. The van der Waals surface area contributed by atoms with Crippen LogP contribution in [0.2, 0.25) is 0 Å². The van der Waals surface area contributed by atoms with Gasteiger partial charge in [-0.2, -0.15) is 0 Å². The van der Waals surface area contributed by atoms with Crippen LogP contribution in [0.4, 0.5) is 0 Å². The molecule has 2 N–H and O–H groups in total.